The molecule has 0 radical (unpaired) electrons. The number of allylic oxidation sites excluding steroid dienone is 4. The molecule has 0 saturated heterocycles. The van der Waals surface area contributed by atoms with Crippen LogP contribution in [0.2, 0.25) is 0 Å². The molecule has 0 spiro atoms. The van der Waals surface area contributed by atoms with Crippen LogP contribution < -0.4 is 15.6 Å². The van der Waals surface area contributed by atoms with Gasteiger partial charge in [0.25, 0.3) is 0 Å². The van der Waals surface area contributed by atoms with Gasteiger partial charge in [0.1, 0.15) is 0 Å². The van der Waals surface area contributed by atoms with E-state index in [4.69, 9.17) is 0 Å². The molecule has 0 unspecified atom stereocenters. The molecule has 0 aliphatic heterocycles. The Morgan fingerprint density at radius 1 is 0.607 bits per heavy atom. The van der Waals surface area contributed by atoms with E-state index < -0.39 is 8.07 Å². The summed E-state index contributed by atoms with van der Waals surface area (Å²) in [4.78, 5) is 0. The Hall–Kier alpha value is -2.64. The van der Waals surface area contributed by atoms with Crippen molar-refractivity contribution in [3.05, 3.63) is 114 Å². The summed E-state index contributed by atoms with van der Waals surface area (Å²) < 4.78 is 0. The molecule has 1 heteroatoms. The van der Waals surface area contributed by atoms with Gasteiger partial charge < -0.3 is 0 Å². The van der Waals surface area contributed by atoms with Crippen LogP contribution in [0, 0.1) is 5.41 Å². The lowest BCUT2D eigenvalue weighted by molar-refractivity contribution is 0.518. The highest BCUT2D eigenvalue weighted by Gasteiger charge is 2.43. The summed E-state index contributed by atoms with van der Waals surface area (Å²) in [6.45, 7) is 6.94. The van der Waals surface area contributed by atoms with Gasteiger partial charge in [-0.25, -0.2) is 0 Å². The van der Waals surface area contributed by atoms with Crippen molar-refractivity contribution >= 4 is 23.6 Å². The van der Waals surface area contributed by atoms with Gasteiger partial charge in [-0.2, -0.15) is 0 Å². The Balaban J connectivity index is 2.04. The molecule has 1 aliphatic carbocycles. The van der Waals surface area contributed by atoms with Crippen molar-refractivity contribution in [1.82, 2.24) is 0 Å². The fourth-order valence-corrected chi connectivity index (χ4v) is 9.40. The van der Waals surface area contributed by atoms with Gasteiger partial charge in [0.05, 0.1) is 0 Å². The Bertz CT molecular complexity index is 894. The molecular formula is C27H28Si. The number of rotatable bonds is 4. The molecule has 0 amide bonds. The van der Waals surface area contributed by atoms with Gasteiger partial charge in [0.2, 0.25) is 0 Å². The Kier molecular flexibility index (Phi) is 4.95. The zero-order chi connectivity index (χ0) is 19.6. The Labute approximate surface area is 170 Å². The maximum Gasteiger partial charge on any atom is 0.175 e. The van der Waals surface area contributed by atoms with Crippen molar-refractivity contribution in [2.75, 3.05) is 0 Å². The molecule has 0 aromatic heterocycles. The lowest BCUT2D eigenvalue weighted by Gasteiger charge is -2.35. The molecule has 3 aromatic rings. The van der Waals surface area contributed by atoms with Gasteiger partial charge in [0, 0.05) is 0 Å². The van der Waals surface area contributed by atoms with Gasteiger partial charge in [-0.15, -0.1) is 0 Å². The first-order chi connectivity index (χ1) is 13.5. The Morgan fingerprint density at radius 2 is 1.00 bits per heavy atom. The van der Waals surface area contributed by atoms with Crippen molar-refractivity contribution in [2.24, 2.45) is 5.41 Å². The van der Waals surface area contributed by atoms with Crippen molar-refractivity contribution in [3.8, 4) is 0 Å². The largest absolute Gasteiger partial charge is 0.175 e. The second-order valence-corrected chi connectivity index (χ2v) is 12.5. The molecule has 4 rings (SSSR count). The van der Waals surface area contributed by atoms with Gasteiger partial charge >= 0.3 is 0 Å². The molecule has 140 valence electrons. The minimum absolute atomic E-state index is 0.173. The van der Waals surface area contributed by atoms with Crippen molar-refractivity contribution in [3.63, 3.8) is 0 Å². The molecule has 0 nitrogen and oxygen atoms in total. The first-order valence-electron chi connectivity index (χ1n) is 10.1. The molecule has 28 heavy (non-hydrogen) atoms. The average Bonchev–Trinajstić information content (AvgIpc) is 3.22. The van der Waals surface area contributed by atoms with E-state index in [9.17, 15) is 0 Å². The SMILES string of the molecule is CC(C)(C)C1=CCC([Si](c2ccccc2)(c2ccccc2)c2ccccc2)=C1. The highest BCUT2D eigenvalue weighted by atomic mass is 28.3. The topological polar surface area (TPSA) is 0 Å². The van der Waals surface area contributed by atoms with Gasteiger partial charge in [-0.05, 0) is 33.0 Å². The molecule has 0 saturated carbocycles. The van der Waals surface area contributed by atoms with Gasteiger partial charge in [-0.3, -0.25) is 0 Å². The van der Waals surface area contributed by atoms with E-state index >= 15 is 0 Å². The third-order valence-electron chi connectivity index (χ3n) is 5.84. The molecule has 3 aromatic carbocycles. The summed E-state index contributed by atoms with van der Waals surface area (Å²) in [6.07, 6.45) is 6.00. The second-order valence-electron chi connectivity index (χ2n) is 8.63. The fraction of sp³-hybridized carbons (Fsp3) is 0.185. The van der Waals surface area contributed by atoms with Crippen LogP contribution in [0.5, 0.6) is 0 Å². The van der Waals surface area contributed by atoms with Crippen LogP contribution in [0.15, 0.2) is 114 Å². The first kappa shape index (κ1) is 18.7. The second kappa shape index (κ2) is 7.41. The number of hydrogen-bond acceptors (Lipinski definition) is 0. The van der Waals surface area contributed by atoms with E-state index in [1.807, 2.05) is 0 Å². The zero-order valence-corrected chi connectivity index (χ0v) is 18.0. The van der Waals surface area contributed by atoms with Crippen molar-refractivity contribution in [1.29, 1.82) is 0 Å². The fourth-order valence-electron chi connectivity index (χ4n) is 4.43. The van der Waals surface area contributed by atoms with Crippen LogP contribution in [-0.2, 0) is 0 Å². The predicted molar refractivity (Wildman–Crippen MR) is 124 cm³/mol. The summed E-state index contributed by atoms with van der Waals surface area (Å²) >= 11 is 0. The molecule has 1 aliphatic rings. The minimum atomic E-state index is -2.30. The molecule has 0 fully saturated rings. The van der Waals surface area contributed by atoms with E-state index in [0.717, 1.165) is 6.42 Å². The van der Waals surface area contributed by atoms with Crippen LogP contribution in [0.4, 0.5) is 0 Å². The summed E-state index contributed by atoms with van der Waals surface area (Å²) in [6, 6.07) is 33.5. The first-order valence-corrected chi connectivity index (χ1v) is 12.1. The normalized spacial score (nSPS) is 14.5. The van der Waals surface area contributed by atoms with Crippen molar-refractivity contribution < 1.29 is 0 Å². The Morgan fingerprint density at radius 3 is 1.32 bits per heavy atom. The lowest BCUT2D eigenvalue weighted by Crippen LogP contribution is -2.68. The zero-order valence-electron chi connectivity index (χ0n) is 17.0. The van der Waals surface area contributed by atoms with Crippen LogP contribution in [0.3, 0.4) is 0 Å². The van der Waals surface area contributed by atoms with Crippen LogP contribution in [0.1, 0.15) is 27.2 Å². The third-order valence-corrected chi connectivity index (χ3v) is 10.7. The van der Waals surface area contributed by atoms with E-state index in [1.54, 1.807) is 5.20 Å². The minimum Gasteiger partial charge on any atom is -0.0771 e. The van der Waals surface area contributed by atoms with Crippen LogP contribution in [0.25, 0.3) is 0 Å². The summed E-state index contributed by atoms with van der Waals surface area (Å²) in [5.74, 6) is 0. The molecule has 0 heterocycles. The van der Waals surface area contributed by atoms with Crippen molar-refractivity contribution in [2.45, 2.75) is 27.2 Å². The molecule has 0 atom stereocenters. The highest BCUT2D eigenvalue weighted by molar-refractivity contribution is 7.16. The summed E-state index contributed by atoms with van der Waals surface area (Å²) in [5.41, 5.74) is 1.63. The van der Waals surface area contributed by atoms with Crippen LogP contribution in [-0.4, -0.2) is 8.07 Å². The third kappa shape index (κ3) is 3.20. The van der Waals surface area contributed by atoms with E-state index in [0.29, 0.717) is 0 Å². The van der Waals surface area contributed by atoms with E-state index in [-0.39, 0.29) is 5.41 Å². The van der Waals surface area contributed by atoms with E-state index in [1.165, 1.54) is 21.1 Å². The monoisotopic (exact) mass is 380 g/mol. The maximum atomic E-state index is 2.51. The standard InChI is InChI=1S/C27H28Si/c1-27(2,3)22-19-20-26(21-22)28(23-13-7-4-8-14-23,24-15-9-5-10-16-24)25-17-11-6-12-18-25/h4-19,21H,20H2,1-3H3. The molecule has 0 N–H and O–H groups in total. The quantitative estimate of drug-likeness (QED) is 0.441. The molecular weight excluding hydrogens is 352 g/mol. The smallest absolute Gasteiger partial charge is 0.0771 e. The predicted octanol–water partition coefficient (Wildman–Crippen LogP) is 5.00. The van der Waals surface area contributed by atoms with Crippen LogP contribution >= 0.6 is 0 Å². The number of hydrogen-bond donors (Lipinski definition) is 0. The number of benzene rings is 3. The van der Waals surface area contributed by atoms with Gasteiger partial charge in [-0.1, -0.05) is 129 Å². The maximum absolute atomic E-state index is 2.51. The van der Waals surface area contributed by atoms with Gasteiger partial charge in [0.15, 0.2) is 8.07 Å². The lowest BCUT2D eigenvalue weighted by atomic mass is 9.87. The summed E-state index contributed by atoms with van der Waals surface area (Å²) in [7, 11) is -2.30. The molecule has 0 bridgehead atoms. The highest BCUT2D eigenvalue weighted by Crippen LogP contribution is 2.35. The van der Waals surface area contributed by atoms with E-state index in [2.05, 4.69) is 124 Å². The average molecular weight is 381 g/mol. The summed E-state index contributed by atoms with van der Waals surface area (Å²) in [5, 5.41) is 5.97.